The highest BCUT2D eigenvalue weighted by Crippen LogP contribution is 2.36. The Balaban J connectivity index is 1.25. The van der Waals surface area contributed by atoms with E-state index in [-0.39, 0.29) is 34.4 Å². The molecule has 1 amide bonds. The Morgan fingerprint density at radius 2 is 1.84 bits per heavy atom. The fraction of sp³-hybridized carbons (Fsp3) is 0.219. The molecule has 6 aromatic rings. The van der Waals surface area contributed by atoms with Crippen LogP contribution in [0.1, 0.15) is 12.8 Å². The normalized spacial score (nSPS) is 13.2. The topological polar surface area (TPSA) is 128 Å². The van der Waals surface area contributed by atoms with E-state index in [0.29, 0.717) is 51.4 Å². The number of imidazole rings is 1. The zero-order valence-corrected chi connectivity index (χ0v) is 24.1. The highest BCUT2D eigenvalue weighted by atomic mass is 19.1. The molecule has 12 heteroatoms. The Morgan fingerprint density at radius 3 is 2.66 bits per heavy atom. The van der Waals surface area contributed by atoms with Crippen LogP contribution in [0.15, 0.2) is 61.1 Å². The van der Waals surface area contributed by atoms with Crippen LogP contribution in [0, 0.1) is 17.6 Å². The summed E-state index contributed by atoms with van der Waals surface area (Å²) in [7, 11) is 3.96. The third-order valence-corrected chi connectivity index (χ3v) is 7.61. The van der Waals surface area contributed by atoms with E-state index in [1.807, 2.05) is 43.3 Å². The van der Waals surface area contributed by atoms with Gasteiger partial charge in [0.25, 0.3) is 0 Å². The molecule has 1 aliphatic rings. The van der Waals surface area contributed by atoms with Gasteiger partial charge in [-0.05, 0) is 62.8 Å². The number of fused-ring (bicyclic) bond motifs is 2. The van der Waals surface area contributed by atoms with Crippen LogP contribution in [0.5, 0.6) is 0 Å². The minimum atomic E-state index is -0.599. The second-order valence-corrected chi connectivity index (χ2v) is 11.3. The highest BCUT2D eigenvalue weighted by molar-refractivity contribution is 5.99. The molecule has 4 aromatic heterocycles. The average molecular weight is 594 g/mol. The summed E-state index contributed by atoms with van der Waals surface area (Å²) in [5, 5.41) is 13.5. The number of H-pyrrole nitrogens is 2. The maximum absolute atomic E-state index is 16.2. The standard InChI is InChI=1S/C32H29F2N9O/c1-43(2)9-8-36-21-11-18(10-20(33)13-21)23-4-3-5-24-29(23)40-31(39-24)30-26-25(41-42-30)16-37-28(27(26)34)19-12-22(15-35-14-19)38-32(44)17-6-7-17/h3-5,10-17,36H,6-9H2,1-2H3,(H,38,44)(H,39,40)(H,41,42). The molecule has 0 spiro atoms. The molecule has 7 rings (SSSR count). The molecule has 0 radical (unpaired) electrons. The van der Waals surface area contributed by atoms with Crippen molar-refractivity contribution in [3.8, 4) is 33.9 Å². The number of nitrogens with zero attached hydrogens (tertiary/aromatic N) is 5. The van der Waals surface area contributed by atoms with Gasteiger partial charge in [0.15, 0.2) is 11.6 Å². The van der Waals surface area contributed by atoms with Gasteiger partial charge in [-0.15, -0.1) is 0 Å². The zero-order chi connectivity index (χ0) is 30.4. The molecule has 0 atom stereocenters. The number of hydrogen-bond acceptors (Lipinski definition) is 7. The largest absolute Gasteiger partial charge is 0.384 e. The number of amides is 1. The van der Waals surface area contributed by atoms with Crippen molar-refractivity contribution in [3.63, 3.8) is 0 Å². The molecule has 0 bridgehead atoms. The van der Waals surface area contributed by atoms with Crippen molar-refractivity contribution in [1.29, 1.82) is 0 Å². The lowest BCUT2D eigenvalue weighted by molar-refractivity contribution is -0.117. The fourth-order valence-corrected chi connectivity index (χ4v) is 5.22. The zero-order valence-electron chi connectivity index (χ0n) is 24.1. The summed E-state index contributed by atoms with van der Waals surface area (Å²) in [6.45, 7) is 1.46. The summed E-state index contributed by atoms with van der Waals surface area (Å²) in [5.74, 6) is -0.662. The highest BCUT2D eigenvalue weighted by Gasteiger charge is 2.30. The van der Waals surface area contributed by atoms with E-state index >= 15 is 4.39 Å². The van der Waals surface area contributed by atoms with Gasteiger partial charge in [0, 0.05) is 42.0 Å². The smallest absolute Gasteiger partial charge is 0.227 e. The van der Waals surface area contributed by atoms with Gasteiger partial charge in [0.05, 0.1) is 40.0 Å². The number of hydrogen-bond donors (Lipinski definition) is 4. The molecule has 0 saturated heterocycles. The Labute approximate surface area is 250 Å². The summed E-state index contributed by atoms with van der Waals surface area (Å²) in [5.41, 5.74) is 4.97. The molecule has 222 valence electrons. The average Bonchev–Trinajstić information content (AvgIpc) is 3.62. The van der Waals surface area contributed by atoms with Crippen LogP contribution in [-0.4, -0.2) is 68.1 Å². The van der Waals surface area contributed by atoms with E-state index < -0.39 is 5.82 Å². The maximum Gasteiger partial charge on any atom is 0.227 e. The molecule has 10 nitrogen and oxygen atoms in total. The van der Waals surface area contributed by atoms with Crippen LogP contribution in [0.2, 0.25) is 0 Å². The summed E-state index contributed by atoms with van der Waals surface area (Å²) >= 11 is 0. The summed E-state index contributed by atoms with van der Waals surface area (Å²) < 4.78 is 30.9. The number of aromatic amines is 2. The molecule has 4 N–H and O–H groups in total. The van der Waals surface area contributed by atoms with Gasteiger partial charge in [0.1, 0.15) is 17.2 Å². The predicted octanol–water partition coefficient (Wildman–Crippen LogP) is 5.83. The Bertz CT molecular complexity index is 2030. The van der Waals surface area contributed by atoms with E-state index in [0.717, 1.165) is 24.9 Å². The van der Waals surface area contributed by atoms with Crippen molar-refractivity contribution in [2.75, 3.05) is 37.8 Å². The van der Waals surface area contributed by atoms with Crippen LogP contribution >= 0.6 is 0 Å². The van der Waals surface area contributed by atoms with E-state index in [1.165, 1.54) is 30.7 Å². The minimum Gasteiger partial charge on any atom is -0.384 e. The summed E-state index contributed by atoms with van der Waals surface area (Å²) in [6.07, 6.45) is 6.27. The van der Waals surface area contributed by atoms with Crippen LogP contribution < -0.4 is 10.6 Å². The van der Waals surface area contributed by atoms with E-state index in [2.05, 4.69) is 35.8 Å². The minimum absolute atomic E-state index is 0.0235. The first kappa shape index (κ1) is 27.6. The number of para-hydroxylation sites is 1. The van der Waals surface area contributed by atoms with Crippen LogP contribution in [0.3, 0.4) is 0 Å². The molecule has 1 aliphatic carbocycles. The Hall–Kier alpha value is -5.23. The number of benzene rings is 2. The fourth-order valence-electron chi connectivity index (χ4n) is 5.22. The van der Waals surface area contributed by atoms with Crippen LogP contribution in [0.25, 0.3) is 55.8 Å². The van der Waals surface area contributed by atoms with Crippen molar-refractivity contribution in [3.05, 3.63) is 72.7 Å². The first-order valence-electron chi connectivity index (χ1n) is 14.3. The SMILES string of the molecule is CN(C)CCNc1cc(F)cc(-c2cccc3[nH]c(-c4n[nH]c5cnc(-c6cncc(NC(=O)C7CC7)c6)c(F)c45)nc23)c1. The molecule has 44 heavy (non-hydrogen) atoms. The van der Waals surface area contributed by atoms with Crippen molar-refractivity contribution < 1.29 is 13.6 Å². The van der Waals surface area contributed by atoms with Crippen LogP contribution in [0.4, 0.5) is 20.2 Å². The van der Waals surface area contributed by atoms with Crippen molar-refractivity contribution in [2.24, 2.45) is 5.92 Å². The first-order chi connectivity index (χ1) is 21.3. The lowest BCUT2D eigenvalue weighted by atomic mass is 10.0. The van der Waals surface area contributed by atoms with Crippen molar-refractivity contribution >= 4 is 39.2 Å². The Kier molecular flexibility index (Phi) is 6.97. The molecule has 0 unspecified atom stereocenters. The molecule has 4 heterocycles. The lowest BCUT2D eigenvalue weighted by Gasteiger charge is -2.13. The Morgan fingerprint density at radius 1 is 1.00 bits per heavy atom. The number of rotatable bonds is 9. The summed E-state index contributed by atoms with van der Waals surface area (Å²) in [4.78, 5) is 30.9. The molecule has 1 saturated carbocycles. The van der Waals surface area contributed by atoms with Gasteiger partial charge < -0.3 is 20.5 Å². The predicted molar refractivity (Wildman–Crippen MR) is 166 cm³/mol. The first-order valence-corrected chi connectivity index (χ1v) is 14.3. The monoisotopic (exact) mass is 593 g/mol. The number of carbonyl (C=O) groups is 1. The number of likely N-dealkylation sites (N-methyl/N-ethyl adjacent to an activating group) is 1. The van der Waals surface area contributed by atoms with Gasteiger partial charge in [-0.2, -0.15) is 5.10 Å². The maximum atomic E-state index is 16.2. The molecule has 0 aliphatic heterocycles. The van der Waals surface area contributed by atoms with Crippen molar-refractivity contribution in [1.82, 2.24) is 35.0 Å². The quantitative estimate of drug-likeness (QED) is 0.166. The third kappa shape index (κ3) is 5.35. The number of anilines is 2. The molecular weight excluding hydrogens is 564 g/mol. The van der Waals surface area contributed by atoms with Gasteiger partial charge in [-0.25, -0.2) is 13.8 Å². The van der Waals surface area contributed by atoms with Crippen LogP contribution in [-0.2, 0) is 4.79 Å². The van der Waals surface area contributed by atoms with E-state index in [9.17, 15) is 9.18 Å². The number of aromatic nitrogens is 6. The van der Waals surface area contributed by atoms with Gasteiger partial charge >= 0.3 is 0 Å². The number of pyridine rings is 2. The van der Waals surface area contributed by atoms with Gasteiger partial charge in [-0.1, -0.05) is 12.1 Å². The second kappa shape index (κ2) is 11.1. The second-order valence-electron chi connectivity index (χ2n) is 11.3. The molecule has 2 aromatic carbocycles. The van der Waals surface area contributed by atoms with Gasteiger partial charge in [-0.3, -0.25) is 19.9 Å². The molecular formula is C32H29F2N9O. The van der Waals surface area contributed by atoms with Crippen molar-refractivity contribution in [2.45, 2.75) is 12.8 Å². The molecule has 1 fully saturated rings. The van der Waals surface area contributed by atoms with E-state index in [1.54, 1.807) is 6.07 Å². The van der Waals surface area contributed by atoms with E-state index in [4.69, 9.17) is 4.98 Å². The number of carbonyl (C=O) groups excluding carboxylic acids is 1. The lowest BCUT2D eigenvalue weighted by Crippen LogP contribution is -2.20. The number of nitrogens with one attached hydrogen (secondary N) is 4. The summed E-state index contributed by atoms with van der Waals surface area (Å²) in [6, 6.07) is 12.1. The number of halogens is 2. The van der Waals surface area contributed by atoms with Gasteiger partial charge in [0.2, 0.25) is 5.91 Å². The third-order valence-electron chi connectivity index (χ3n) is 7.61.